The van der Waals surface area contributed by atoms with Crippen molar-refractivity contribution in [1.82, 2.24) is 0 Å². The number of hydrogen-bond donors (Lipinski definition) is 2. The molecule has 2 N–H and O–H groups in total. The molecular formula is C26H34O2. The first-order chi connectivity index (χ1) is 13.5. The molecule has 0 amide bonds. The van der Waals surface area contributed by atoms with E-state index < -0.39 is 0 Å². The van der Waals surface area contributed by atoms with E-state index in [1.165, 1.54) is 16.7 Å². The molecule has 150 valence electrons. The van der Waals surface area contributed by atoms with Crippen molar-refractivity contribution in [1.29, 1.82) is 0 Å². The lowest BCUT2D eigenvalue weighted by atomic mass is 9.99. The fourth-order valence-corrected chi connectivity index (χ4v) is 3.32. The summed E-state index contributed by atoms with van der Waals surface area (Å²) in [7, 11) is 0. The van der Waals surface area contributed by atoms with Gasteiger partial charge < -0.3 is 10.2 Å². The Kier molecular flexibility index (Phi) is 8.87. The van der Waals surface area contributed by atoms with E-state index in [0.717, 1.165) is 44.1 Å². The summed E-state index contributed by atoms with van der Waals surface area (Å²) in [6.07, 6.45) is 11.0. The Morgan fingerprint density at radius 3 is 2.04 bits per heavy atom. The molecule has 0 aliphatic rings. The molecule has 0 saturated carbocycles. The van der Waals surface area contributed by atoms with Crippen molar-refractivity contribution in [2.75, 3.05) is 0 Å². The van der Waals surface area contributed by atoms with Crippen LogP contribution in [0.4, 0.5) is 0 Å². The molecule has 0 aliphatic heterocycles. The molecule has 0 saturated heterocycles. The molecule has 2 rings (SSSR count). The van der Waals surface area contributed by atoms with Gasteiger partial charge in [0.2, 0.25) is 0 Å². The molecule has 28 heavy (non-hydrogen) atoms. The smallest absolute Gasteiger partial charge is 0.123 e. The molecular weight excluding hydrogens is 344 g/mol. The van der Waals surface area contributed by atoms with Gasteiger partial charge in [-0.1, -0.05) is 53.6 Å². The molecule has 0 aliphatic carbocycles. The van der Waals surface area contributed by atoms with Crippen LogP contribution in [0.5, 0.6) is 11.5 Å². The molecule has 2 nitrogen and oxygen atoms in total. The van der Waals surface area contributed by atoms with Crippen LogP contribution in [-0.2, 0) is 19.3 Å². The van der Waals surface area contributed by atoms with E-state index in [2.05, 4.69) is 57.2 Å². The van der Waals surface area contributed by atoms with Gasteiger partial charge in [-0.05, 0) is 89.0 Å². The van der Waals surface area contributed by atoms with Crippen molar-refractivity contribution in [2.24, 2.45) is 0 Å². The lowest BCUT2D eigenvalue weighted by Gasteiger charge is -2.10. The second kappa shape index (κ2) is 11.4. The SMILES string of the molecule is CC(C)=CCCC(C)=CCc1c(O)cc(CCCCc2ccccc2)cc1O. The number of aromatic hydroxyl groups is 2. The van der Waals surface area contributed by atoms with Gasteiger partial charge in [-0.3, -0.25) is 0 Å². The van der Waals surface area contributed by atoms with E-state index in [9.17, 15) is 10.2 Å². The number of aryl methyl sites for hydroxylation is 2. The minimum atomic E-state index is 0.200. The van der Waals surface area contributed by atoms with E-state index in [4.69, 9.17) is 0 Å². The zero-order valence-electron chi connectivity index (χ0n) is 17.5. The standard InChI is InChI=1S/C26H34O2/c1-20(2)10-9-11-21(3)16-17-24-25(27)18-23(19-26(24)28)15-8-7-14-22-12-5-4-6-13-22/h4-6,10,12-13,16,18-19,27-28H,7-9,11,14-15,17H2,1-3H3. The summed E-state index contributed by atoms with van der Waals surface area (Å²) in [6.45, 7) is 6.32. The summed E-state index contributed by atoms with van der Waals surface area (Å²) in [5.74, 6) is 0.401. The number of phenols is 2. The van der Waals surface area contributed by atoms with E-state index in [1.54, 1.807) is 0 Å². The number of hydrogen-bond acceptors (Lipinski definition) is 2. The summed E-state index contributed by atoms with van der Waals surface area (Å²) >= 11 is 0. The Balaban J connectivity index is 1.86. The number of phenolic OH excluding ortho intramolecular Hbond substituents is 2. The van der Waals surface area contributed by atoms with Crippen molar-refractivity contribution in [3.8, 4) is 11.5 Å². The molecule has 0 atom stereocenters. The van der Waals surface area contributed by atoms with Gasteiger partial charge in [0.05, 0.1) is 0 Å². The molecule has 0 unspecified atom stereocenters. The first-order valence-corrected chi connectivity index (χ1v) is 10.3. The monoisotopic (exact) mass is 378 g/mol. The van der Waals surface area contributed by atoms with E-state index >= 15 is 0 Å². The van der Waals surface area contributed by atoms with Crippen LogP contribution in [-0.4, -0.2) is 10.2 Å². The van der Waals surface area contributed by atoms with Crippen molar-refractivity contribution in [2.45, 2.75) is 65.7 Å². The lowest BCUT2D eigenvalue weighted by molar-refractivity contribution is 0.439. The van der Waals surface area contributed by atoms with Gasteiger partial charge in [0.15, 0.2) is 0 Å². The van der Waals surface area contributed by atoms with Crippen molar-refractivity contribution < 1.29 is 10.2 Å². The molecule has 0 spiro atoms. The Hall–Kier alpha value is -2.48. The average molecular weight is 379 g/mol. The fourth-order valence-electron chi connectivity index (χ4n) is 3.32. The predicted molar refractivity (Wildman–Crippen MR) is 119 cm³/mol. The van der Waals surface area contributed by atoms with Crippen LogP contribution >= 0.6 is 0 Å². The molecule has 0 fully saturated rings. The Bertz CT molecular complexity index is 773. The van der Waals surface area contributed by atoms with Crippen LogP contribution in [0, 0.1) is 0 Å². The van der Waals surface area contributed by atoms with Gasteiger partial charge in [0.25, 0.3) is 0 Å². The Morgan fingerprint density at radius 1 is 0.821 bits per heavy atom. The van der Waals surface area contributed by atoms with Gasteiger partial charge in [-0.25, -0.2) is 0 Å². The molecule has 0 heterocycles. The third-order valence-corrected chi connectivity index (χ3v) is 5.03. The summed E-state index contributed by atoms with van der Waals surface area (Å²) in [5, 5.41) is 20.7. The molecule has 2 aromatic carbocycles. The Morgan fingerprint density at radius 2 is 1.43 bits per heavy atom. The first kappa shape index (κ1) is 21.8. The molecule has 2 heteroatoms. The van der Waals surface area contributed by atoms with E-state index in [1.807, 2.05) is 18.2 Å². The van der Waals surface area contributed by atoms with Crippen LogP contribution < -0.4 is 0 Å². The quantitative estimate of drug-likeness (QED) is 0.349. The topological polar surface area (TPSA) is 40.5 Å². The van der Waals surface area contributed by atoms with Crippen molar-refractivity contribution in [3.05, 3.63) is 82.5 Å². The zero-order valence-corrected chi connectivity index (χ0v) is 17.5. The van der Waals surface area contributed by atoms with E-state index in [-0.39, 0.29) is 11.5 Å². The van der Waals surface area contributed by atoms with Gasteiger partial charge in [-0.2, -0.15) is 0 Å². The molecule has 0 aromatic heterocycles. The number of rotatable bonds is 10. The Labute approximate surface area is 170 Å². The van der Waals surface area contributed by atoms with Gasteiger partial charge >= 0.3 is 0 Å². The van der Waals surface area contributed by atoms with Crippen molar-refractivity contribution in [3.63, 3.8) is 0 Å². The second-order valence-electron chi connectivity index (χ2n) is 7.88. The number of benzene rings is 2. The summed E-state index contributed by atoms with van der Waals surface area (Å²) in [5.41, 5.74) is 5.59. The normalized spacial score (nSPS) is 11.5. The molecule has 0 bridgehead atoms. The summed E-state index contributed by atoms with van der Waals surface area (Å²) in [4.78, 5) is 0. The summed E-state index contributed by atoms with van der Waals surface area (Å²) < 4.78 is 0. The first-order valence-electron chi connectivity index (χ1n) is 10.3. The highest BCUT2D eigenvalue weighted by Crippen LogP contribution is 2.30. The van der Waals surface area contributed by atoms with Crippen LogP contribution in [0.1, 0.15) is 63.1 Å². The maximum atomic E-state index is 10.4. The molecule has 0 radical (unpaired) electrons. The number of allylic oxidation sites excluding steroid dienone is 4. The van der Waals surface area contributed by atoms with Gasteiger partial charge in [-0.15, -0.1) is 0 Å². The van der Waals surface area contributed by atoms with Crippen molar-refractivity contribution >= 4 is 0 Å². The lowest BCUT2D eigenvalue weighted by Crippen LogP contribution is -1.92. The van der Waals surface area contributed by atoms with E-state index in [0.29, 0.717) is 12.0 Å². The van der Waals surface area contributed by atoms with Crippen LogP contribution in [0.25, 0.3) is 0 Å². The van der Waals surface area contributed by atoms with Crippen LogP contribution in [0.2, 0.25) is 0 Å². The fraction of sp³-hybridized carbons (Fsp3) is 0.385. The van der Waals surface area contributed by atoms with Gasteiger partial charge in [0, 0.05) is 5.56 Å². The predicted octanol–water partition coefficient (Wildman–Crippen LogP) is 6.90. The highest BCUT2D eigenvalue weighted by molar-refractivity contribution is 5.47. The van der Waals surface area contributed by atoms with Gasteiger partial charge in [0.1, 0.15) is 11.5 Å². The average Bonchev–Trinajstić information content (AvgIpc) is 2.65. The largest absolute Gasteiger partial charge is 0.508 e. The minimum absolute atomic E-state index is 0.200. The highest BCUT2D eigenvalue weighted by Gasteiger charge is 2.09. The third kappa shape index (κ3) is 7.64. The highest BCUT2D eigenvalue weighted by atomic mass is 16.3. The van der Waals surface area contributed by atoms with Crippen LogP contribution in [0.15, 0.2) is 65.8 Å². The number of unbranched alkanes of at least 4 members (excludes halogenated alkanes) is 1. The zero-order chi connectivity index (χ0) is 20.4. The van der Waals surface area contributed by atoms with Crippen LogP contribution in [0.3, 0.4) is 0 Å². The third-order valence-electron chi connectivity index (χ3n) is 5.03. The second-order valence-corrected chi connectivity index (χ2v) is 7.88. The molecule has 2 aromatic rings. The maximum Gasteiger partial charge on any atom is 0.123 e. The summed E-state index contributed by atoms with van der Waals surface area (Å²) in [6, 6.07) is 14.1. The minimum Gasteiger partial charge on any atom is -0.508 e. The maximum absolute atomic E-state index is 10.4.